The van der Waals surface area contributed by atoms with Crippen molar-refractivity contribution in [1.29, 1.82) is 0 Å². The van der Waals surface area contributed by atoms with Gasteiger partial charge in [-0.2, -0.15) is 0 Å². The molecule has 1 aliphatic rings. The van der Waals surface area contributed by atoms with Gasteiger partial charge in [0.1, 0.15) is 5.00 Å². The van der Waals surface area contributed by atoms with Gasteiger partial charge < -0.3 is 10.1 Å². The van der Waals surface area contributed by atoms with Gasteiger partial charge in [0.15, 0.2) is 0 Å². The van der Waals surface area contributed by atoms with Crippen molar-refractivity contribution >= 4 is 39.8 Å². The second kappa shape index (κ2) is 7.09. The Morgan fingerprint density at radius 3 is 2.85 bits per heavy atom. The summed E-state index contributed by atoms with van der Waals surface area (Å²) in [5.74, 6) is 0.443. The molecule has 1 aliphatic carbocycles. The standard InChI is InChI=1S/C14H18ClNO3S/c1-2-19-14(18)12-10(9-5-6-9)8-20-13(12)16-11(17)4-3-7-15/h8-9H,2-7H2,1H3,(H,16,17). The molecule has 1 heterocycles. The maximum atomic E-state index is 12.1. The molecule has 0 aromatic carbocycles. The maximum absolute atomic E-state index is 12.1. The second-order valence-corrected chi connectivity index (χ2v) is 5.99. The molecule has 1 N–H and O–H groups in total. The zero-order valence-electron chi connectivity index (χ0n) is 11.4. The van der Waals surface area contributed by atoms with Crippen molar-refractivity contribution in [1.82, 2.24) is 0 Å². The molecule has 0 bridgehead atoms. The van der Waals surface area contributed by atoms with Gasteiger partial charge in [-0.05, 0) is 43.0 Å². The fraction of sp³-hybridized carbons (Fsp3) is 0.571. The van der Waals surface area contributed by atoms with Crippen LogP contribution in [0, 0.1) is 0 Å². The maximum Gasteiger partial charge on any atom is 0.341 e. The average Bonchev–Trinajstić information content (AvgIpc) is 3.18. The molecule has 0 spiro atoms. The van der Waals surface area contributed by atoms with E-state index in [1.165, 1.54) is 11.3 Å². The third-order valence-electron chi connectivity index (χ3n) is 3.11. The Morgan fingerprint density at radius 2 is 2.25 bits per heavy atom. The number of thiophene rings is 1. The van der Waals surface area contributed by atoms with E-state index in [4.69, 9.17) is 16.3 Å². The number of hydrogen-bond donors (Lipinski definition) is 1. The molecule has 4 nitrogen and oxygen atoms in total. The molecule has 1 amide bonds. The average molecular weight is 316 g/mol. The fourth-order valence-corrected chi connectivity index (χ4v) is 3.17. The quantitative estimate of drug-likeness (QED) is 0.615. The number of nitrogens with one attached hydrogen (secondary N) is 1. The minimum Gasteiger partial charge on any atom is -0.462 e. The Bertz CT molecular complexity index is 497. The van der Waals surface area contributed by atoms with Crippen LogP contribution in [-0.2, 0) is 9.53 Å². The first-order valence-electron chi connectivity index (χ1n) is 6.81. The topological polar surface area (TPSA) is 55.4 Å². The SMILES string of the molecule is CCOC(=O)c1c(C2CC2)csc1NC(=O)CCCCl. The number of ether oxygens (including phenoxy) is 1. The number of carbonyl (C=O) groups is 2. The van der Waals surface area contributed by atoms with Crippen molar-refractivity contribution in [3.05, 3.63) is 16.5 Å². The van der Waals surface area contributed by atoms with Crippen LogP contribution < -0.4 is 5.32 Å². The van der Waals surface area contributed by atoms with Crippen molar-refractivity contribution in [3.8, 4) is 0 Å². The molecule has 0 radical (unpaired) electrons. The summed E-state index contributed by atoms with van der Waals surface area (Å²) in [4.78, 5) is 23.9. The Hall–Kier alpha value is -1.07. The molecule has 20 heavy (non-hydrogen) atoms. The van der Waals surface area contributed by atoms with Gasteiger partial charge >= 0.3 is 5.97 Å². The Morgan fingerprint density at radius 1 is 1.50 bits per heavy atom. The molecule has 0 aliphatic heterocycles. The van der Waals surface area contributed by atoms with Gasteiger partial charge in [-0.25, -0.2) is 4.79 Å². The summed E-state index contributed by atoms with van der Waals surface area (Å²) in [5.41, 5.74) is 1.56. The number of anilines is 1. The minimum atomic E-state index is -0.344. The highest BCUT2D eigenvalue weighted by Crippen LogP contribution is 2.46. The highest BCUT2D eigenvalue weighted by molar-refractivity contribution is 7.15. The predicted octanol–water partition coefficient (Wildman–Crippen LogP) is 3.76. The largest absolute Gasteiger partial charge is 0.462 e. The molecule has 6 heteroatoms. The van der Waals surface area contributed by atoms with Gasteiger partial charge in [0.2, 0.25) is 5.91 Å². The van der Waals surface area contributed by atoms with Crippen LogP contribution in [-0.4, -0.2) is 24.4 Å². The Labute approximate surface area is 127 Å². The summed E-state index contributed by atoms with van der Waals surface area (Å²) >= 11 is 6.97. The van der Waals surface area contributed by atoms with Crippen LogP contribution in [0.4, 0.5) is 5.00 Å². The van der Waals surface area contributed by atoms with Gasteiger partial charge in [-0.15, -0.1) is 22.9 Å². The van der Waals surface area contributed by atoms with Crippen LogP contribution in [0.5, 0.6) is 0 Å². The van der Waals surface area contributed by atoms with E-state index in [0.717, 1.165) is 18.4 Å². The highest BCUT2D eigenvalue weighted by atomic mass is 35.5. The normalized spacial score (nSPS) is 14.1. The number of hydrogen-bond acceptors (Lipinski definition) is 4. The first-order valence-corrected chi connectivity index (χ1v) is 8.23. The first kappa shape index (κ1) is 15.3. The summed E-state index contributed by atoms with van der Waals surface area (Å²) < 4.78 is 5.10. The van der Waals surface area contributed by atoms with Gasteiger partial charge in [0.25, 0.3) is 0 Å². The van der Waals surface area contributed by atoms with Crippen molar-refractivity contribution in [2.45, 2.75) is 38.5 Å². The van der Waals surface area contributed by atoms with Crippen LogP contribution in [0.25, 0.3) is 0 Å². The van der Waals surface area contributed by atoms with E-state index < -0.39 is 0 Å². The number of halogens is 1. The highest BCUT2D eigenvalue weighted by Gasteiger charge is 2.32. The summed E-state index contributed by atoms with van der Waals surface area (Å²) in [5, 5.41) is 5.37. The lowest BCUT2D eigenvalue weighted by atomic mass is 10.1. The zero-order chi connectivity index (χ0) is 14.5. The molecule has 1 aromatic heterocycles. The summed E-state index contributed by atoms with van der Waals surface area (Å²) in [6.07, 6.45) is 3.19. The van der Waals surface area contributed by atoms with Crippen LogP contribution in [0.1, 0.15) is 54.4 Å². The lowest BCUT2D eigenvalue weighted by molar-refractivity contribution is -0.116. The van der Waals surface area contributed by atoms with Crippen molar-refractivity contribution in [2.75, 3.05) is 17.8 Å². The molecule has 0 saturated heterocycles. The van der Waals surface area contributed by atoms with Crippen molar-refractivity contribution < 1.29 is 14.3 Å². The van der Waals surface area contributed by atoms with E-state index in [9.17, 15) is 9.59 Å². The molecule has 1 aromatic rings. The fourth-order valence-electron chi connectivity index (χ4n) is 1.99. The molecule has 0 unspecified atom stereocenters. The summed E-state index contributed by atoms with van der Waals surface area (Å²) in [7, 11) is 0. The van der Waals surface area contributed by atoms with Crippen molar-refractivity contribution in [2.24, 2.45) is 0 Å². The number of amides is 1. The lowest BCUT2D eigenvalue weighted by Gasteiger charge is -2.08. The van der Waals surface area contributed by atoms with E-state index in [1.807, 2.05) is 5.38 Å². The van der Waals surface area contributed by atoms with Crippen LogP contribution in [0.15, 0.2) is 5.38 Å². The lowest BCUT2D eigenvalue weighted by Crippen LogP contribution is -2.14. The zero-order valence-corrected chi connectivity index (χ0v) is 13.0. The molecule has 1 fully saturated rings. The monoisotopic (exact) mass is 315 g/mol. The first-order chi connectivity index (χ1) is 9.67. The van der Waals surface area contributed by atoms with E-state index in [2.05, 4.69) is 5.32 Å². The van der Waals surface area contributed by atoms with Gasteiger partial charge in [0.05, 0.1) is 12.2 Å². The Balaban J connectivity index is 2.15. The molecule has 0 atom stereocenters. The molecule has 1 saturated carbocycles. The van der Waals surface area contributed by atoms with E-state index in [1.54, 1.807) is 6.92 Å². The van der Waals surface area contributed by atoms with Crippen LogP contribution in [0.3, 0.4) is 0 Å². The summed E-state index contributed by atoms with van der Waals surface area (Å²) in [6.45, 7) is 2.11. The third kappa shape index (κ3) is 3.73. The van der Waals surface area contributed by atoms with Gasteiger partial charge in [0, 0.05) is 12.3 Å². The number of rotatable bonds is 7. The molecule has 2 rings (SSSR count). The van der Waals surface area contributed by atoms with Crippen LogP contribution in [0.2, 0.25) is 0 Å². The van der Waals surface area contributed by atoms with Crippen molar-refractivity contribution in [3.63, 3.8) is 0 Å². The molecule has 110 valence electrons. The predicted molar refractivity (Wildman–Crippen MR) is 80.8 cm³/mol. The van der Waals surface area contributed by atoms with E-state index in [-0.39, 0.29) is 11.9 Å². The minimum absolute atomic E-state index is 0.111. The molecular formula is C14H18ClNO3S. The smallest absolute Gasteiger partial charge is 0.341 e. The van der Waals surface area contributed by atoms with Gasteiger partial charge in [-0.3, -0.25) is 4.79 Å². The summed E-state index contributed by atoms with van der Waals surface area (Å²) in [6, 6.07) is 0. The Kier molecular flexibility index (Phi) is 5.43. The van der Waals surface area contributed by atoms with Crippen LogP contribution >= 0.6 is 22.9 Å². The number of carbonyl (C=O) groups excluding carboxylic acids is 2. The third-order valence-corrected chi connectivity index (χ3v) is 4.29. The van der Waals surface area contributed by atoms with Gasteiger partial charge in [-0.1, -0.05) is 0 Å². The second-order valence-electron chi connectivity index (χ2n) is 4.73. The molecular weight excluding hydrogens is 298 g/mol. The number of alkyl halides is 1. The van der Waals surface area contributed by atoms with E-state index in [0.29, 0.717) is 41.8 Å². The van der Waals surface area contributed by atoms with E-state index >= 15 is 0 Å². The number of esters is 1.